The van der Waals surface area contributed by atoms with E-state index in [1.165, 1.54) is 18.6 Å². The van der Waals surface area contributed by atoms with E-state index in [4.69, 9.17) is 5.73 Å². The van der Waals surface area contributed by atoms with Crippen LogP contribution in [0.3, 0.4) is 0 Å². The maximum absolute atomic E-state index is 5.87. The molecule has 1 aliphatic carbocycles. The Kier molecular flexibility index (Phi) is 4.07. The molecular weight excluding hydrogens is 180 g/mol. The van der Waals surface area contributed by atoms with E-state index in [1.807, 2.05) is 11.8 Å². The molecule has 2 nitrogen and oxygen atoms in total. The lowest BCUT2D eigenvalue weighted by Crippen LogP contribution is -2.52. The van der Waals surface area contributed by atoms with E-state index in [9.17, 15) is 0 Å². The van der Waals surface area contributed by atoms with Crippen LogP contribution in [-0.4, -0.2) is 42.6 Å². The fourth-order valence-electron chi connectivity index (χ4n) is 1.82. The zero-order valence-corrected chi connectivity index (χ0v) is 9.86. The first-order valence-corrected chi connectivity index (χ1v) is 6.44. The number of rotatable bonds is 6. The van der Waals surface area contributed by atoms with Crippen molar-refractivity contribution in [1.82, 2.24) is 4.90 Å². The predicted molar refractivity (Wildman–Crippen MR) is 61.2 cm³/mol. The average Bonchev–Trinajstić information content (AvgIpc) is 2.96. The normalized spacial score (nSPS) is 21.9. The van der Waals surface area contributed by atoms with Gasteiger partial charge in [-0.3, -0.25) is 4.90 Å². The van der Waals surface area contributed by atoms with Crippen molar-refractivity contribution in [1.29, 1.82) is 0 Å². The standard InChI is InChI=1S/C10H22N2S/c1-10(8-11,9-4-5-9)12(2)6-7-13-3/h9H,4-8,11H2,1-3H3. The summed E-state index contributed by atoms with van der Waals surface area (Å²) in [7, 11) is 2.21. The topological polar surface area (TPSA) is 29.3 Å². The van der Waals surface area contributed by atoms with Crippen molar-refractivity contribution in [3.05, 3.63) is 0 Å². The first-order valence-electron chi connectivity index (χ1n) is 5.05. The molecule has 1 aliphatic rings. The molecule has 3 heteroatoms. The molecule has 0 heterocycles. The molecule has 0 aliphatic heterocycles. The molecule has 1 atom stereocenters. The van der Waals surface area contributed by atoms with Gasteiger partial charge in [0, 0.05) is 24.4 Å². The lowest BCUT2D eigenvalue weighted by Gasteiger charge is -2.38. The Hall–Kier alpha value is 0.270. The lowest BCUT2D eigenvalue weighted by atomic mass is 9.94. The number of thioether (sulfide) groups is 1. The van der Waals surface area contributed by atoms with Crippen LogP contribution in [0.1, 0.15) is 19.8 Å². The van der Waals surface area contributed by atoms with Crippen LogP contribution >= 0.6 is 11.8 Å². The van der Waals surface area contributed by atoms with Crippen LogP contribution in [0.2, 0.25) is 0 Å². The molecule has 0 aromatic rings. The van der Waals surface area contributed by atoms with Gasteiger partial charge in [-0.15, -0.1) is 0 Å². The van der Waals surface area contributed by atoms with Crippen LogP contribution in [-0.2, 0) is 0 Å². The van der Waals surface area contributed by atoms with Gasteiger partial charge in [0.15, 0.2) is 0 Å². The molecule has 78 valence electrons. The number of hydrogen-bond donors (Lipinski definition) is 1. The van der Waals surface area contributed by atoms with E-state index in [2.05, 4.69) is 25.1 Å². The van der Waals surface area contributed by atoms with E-state index in [1.54, 1.807) is 0 Å². The van der Waals surface area contributed by atoms with Gasteiger partial charge in [0.1, 0.15) is 0 Å². The SMILES string of the molecule is CSCCN(C)C(C)(CN)C1CC1. The number of nitrogens with two attached hydrogens (primary N) is 1. The first kappa shape index (κ1) is 11.3. The van der Waals surface area contributed by atoms with E-state index in [0.29, 0.717) is 0 Å². The molecule has 0 aromatic carbocycles. The summed E-state index contributed by atoms with van der Waals surface area (Å²) >= 11 is 1.91. The summed E-state index contributed by atoms with van der Waals surface area (Å²) in [5.74, 6) is 2.06. The van der Waals surface area contributed by atoms with E-state index >= 15 is 0 Å². The van der Waals surface area contributed by atoms with Gasteiger partial charge in [0.05, 0.1) is 0 Å². The highest BCUT2D eigenvalue weighted by atomic mass is 32.2. The van der Waals surface area contributed by atoms with Gasteiger partial charge in [-0.1, -0.05) is 0 Å². The summed E-state index contributed by atoms with van der Waals surface area (Å²) in [6.45, 7) is 4.26. The summed E-state index contributed by atoms with van der Waals surface area (Å²) in [6.07, 6.45) is 4.90. The van der Waals surface area contributed by atoms with Crippen LogP contribution < -0.4 is 5.73 Å². The zero-order chi connectivity index (χ0) is 9.90. The summed E-state index contributed by atoms with van der Waals surface area (Å²) in [5.41, 5.74) is 6.13. The quantitative estimate of drug-likeness (QED) is 0.706. The number of hydrogen-bond acceptors (Lipinski definition) is 3. The molecule has 1 unspecified atom stereocenters. The van der Waals surface area contributed by atoms with Crippen molar-refractivity contribution < 1.29 is 0 Å². The zero-order valence-electron chi connectivity index (χ0n) is 9.05. The van der Waals surface area contributed by atoms with Gasteiger partial charge >= 0.3 is 0 Å². The largest absolute Gasteiger partial charge is 0.329 e. The van der Waals surface area contributed by atoms with Crippen molar-refractivity contribution in [2.45, 2.75) is 25.3 Å². The molecule has 0 radical (unpaired) electrons. The molecule has 0 saturated heterocycles. The minimum atomic E-state index is 0.260. The summed E-state index contributed by atoms with van der Waals surface area (Å²) < 4.78 is 0. The van der Waals surface area contributed by atoms with E-state index in [0.717, 1.165) is 19.0 Å². The fraction of sp³-hybridized carbons (Fsp3) is 1.00. The van der Waals surface area contributed by atoms with Crippen molar-refractivity contribution >= 4 is 11.8 Å². The summed E-state index contributed by atoms with van der Waals surface area (Å²) in [4.78, 5) is 2.45. The van der Waals surface area contributed by atoms with Crippen LogP contribution in [0.5, 0.6) is 0 Å². The summed E-state index contributed by atoms with van der Waals surface area (Å²) in [5, 5.41) is 0. The smallest absolute Gasteiger partial charge is 0.0328 e. The van der Waals surface area contributed by atoms with Gasteiger partial charge in [-0.25, -0.2) is 0 Å². The Bertz CT molecular complexity index is 159. The lowest BCUT2D eigenvalue weighted by molar-refractivity contribution is 0.129. The molecule has 1 saturated carbocycles. The molecule has 0 spiro atoms. The first-order chi connectivity index (χ1) is 6.15. The number of nitrogens with zero attached hydrogens (tertiary/aromatic N) is 1. The maximum Gasteiger partial charge on any atom is 0.0328 e. The van der Waals surface area contributed by atoms with Gasteiger partial charge < -0.3 is 5.73 Å². The van der Waals surface area contributed by atoms with Gasteiger partial charge in [0.25, 0.3) is 0 Å². The highest BCUT2D eigenvalue weighted by Gasteiger charge is 2.42. The minimum Gasteiger partial charge on any atom is -0.329 e. The fourth-order valence-corrected chi connectivity index (χ4v) is 2.28. The summed E-state index contributed by atoms with van der Waals surface area (Å²) in [6, 6.07) is 0. The molecule has 0 amide bonds. The second-order valence-electron chi connectivity index (χ2n) is 4.25. The third-order valence-electron chi connectivity index (χ3n) is 3.37. The third kappa shape index (κ3) is 2.61. The van der Waals surface area contributed by atoms with Crippen LogP contribution in [0.25, 0.3) is 0 Å². The molecule has 13 heavy (non-hydrogen) atoms. The predicted octanol–water partition coefficient (Wildman–Crippen LogP) is 1.41. The van der Waals surface area contributed by atoms with Crippen LogP contribution in [0.4, 0.5) is 0 Å². The highest BCUT2D eigenvalue weighted by molar-refractivity contribution is 7.98. The second-order valence-corrected chi connectivity index (χ2v) is 5.24. The molecule has 0 aromatic heterocycles. The average molecular weight is 202 g/mol. The molecule has 1 rings (SSSR count). The van der Waals surface area contributed by atoms with Crippen LogP contribution in [0, 0.1) is 5.92 Å². The van der Waals surface area contributed by atoms with E-state index < -0.39 is 0 Å². The monoisotopic (exact) mass is 202 g/mol. The van der Waals surface area contributed by atoms with Crippen LogP contribution in [0.15, 0.2) is 0 Å². The molecule has 0 bridgehead atoms. The van der Waals surface area contributed by atoms with Crippen molar-refractivity contribution in [2.24, 2.45) is 11.7 Å². The Morgan fingerprint density at radius 1 is 1.54 bits per heavy atom. The maximum atomic E-state index is 5.87. The highest BCUT2D eigenvalue weighted by Crippen LogP contribution is 2.41. The van der Waals surface area contributed by atoms with Gasteiger partial charge in [0.2, 0.25) is 0 Å². The Balaban J connectivity index is 2.43. The third-order valence-corrected chi connectivity index (χ3v) is 3.96. The number of likely N-dealkylation sites (N-methyl/N-ethyl adjacent to an activating group) is 1. The molecule has 2 N–H and O–H groups in total. The second kappa shape index (κ2) is 4.67. The van der Waals surface area contributed by atoms with E-state index in [-0.39, 0.29) is 5.54 Å². The minimum absolute atomic E-state index is 0.260. The molecular formula is C10H22N2S. The Morgan fingerprint density at radius 3 is 2.54 bits per heavy atom. The van der Waals surface area contributed by atoms with Crippen molar-refractivity contribution in [3.8, 4) is 0 Å². The van der Waals surface area contributed by atoms with Crippen molar-refractivity contribution in [2.75, 3.05) is 32.1 Å². The van der Waals surface area contributed by atoms with Gasteiger partial charge in [-0.2, -0.15) is 11.8 Å². The van der Waals surface area contributed by atoms with Crippen molar-refractivity contribution in [3.63, 3.8) is 0 Å². The molecule has 1 fully saturated rings. The Labute approximate surface area is 86.2 Å². The Morgan fingerprint density at radius 2 is 2.15 bits per heavy atom. The van der Waals surface area contributed by atoms with Gasteiger partial charge in [-0.05, 0) is 39.0 Å².